The van der Waals surface area contributed by atoms with Gasteiger partial charge in [-0.15, -0.1) is 5.10 Å². The highest BCUT2D eigenvalue weighted by molar-refractivity contribution is 7.07. The second-order valence-corrected chi connectivity index (χ2v) is 7.91. The van der Waals surface area contributed by atoms with Crippen LogP contribution in [0.4, 0.5) is 0 Å². The monoisotopic (exact) mass is 402 g/mol. The Bertz CT molecular complexity index is 1440. The maximum Gasteiger partial charge on any atom is 0.359 e. The molecule has 2 aromatic carbocycles. The Labute approximate surface area is 169 Å². The molecule has 144 valence electrons. The van der Waals surface area contributed by atoms with Crippen molar-refractivity contribution in [2.45, 2.75) is 19.8 Å². The van der Waals surface area contributed by atoms with Crippen molar-refractivity contribution in [1.29, 1.82) is 0 Å². The fraction of sp³-hybridized carbons (Fsp3) is 0.136. The van der Waals surface area contributed by atoms with Gasteiger partial charge in [-0.1, -0.05) is 23.8 Å². The van der Waals surface area contributed by atoms with E-state index in [0.717, 1.165) is 33.8 Å². The van der Waals surface area contributed by atoms with Crippen molar-refractivity contribution in [2.24, 2.45) is 0 Å². The Morgan fingerprint density at radius 1 is 1.00 bits per heavy atom. The van der Waals surface area contributed by atoms with E-state index in [1.165, 1.54) is 10.2 Å². The van der Waals surface area contributed by atoms with E-state index in [4.69, 9.17) is 0 Å². The summed E-state index contributed by atoms with van der Waals surface area (Å²) >= 11 is 1.69. The molecule has 29 heavy (non-hydrogen) atoms. The number of hydrogen-bond donors (Lipinski definition) is 1. The van der Waals surface area contributed by atoms with Gasteiger partial charge in [0, 0.05) is 5.39 Å². The molecule has 1 N–H and O–H groups in total. The minimum absolute atomic E-state index is 0.367. The van der Waals surface area contributed by atoms with E-state index < -0.39 is 11.4 Å². The standard InChI is InChI=1S/C22H18N4O2S/c1-14-2-7-17(8-3-14)26-22(28)25-20(24-26)18-12-15(4-5-16-10-11-29-13-16)6-9-19(18)23-21(25)27/h2-3,6-13H,4-5H2,1H3,(H,23,27). The molecule has 0 saturated heterocycles. The zero-order chi connectivity index (χ0) is 20.0. The molecule has 0 fully saturated rings. The second kappa shape index (κ2) is 6.86. The Morgan fingerprint density at radius 2 is 1.79 bits per heavy atom. The summed E-state index contributed by atoms with van der Waals surface area (Å²) in [5.74, 6) is 0. The van der Waals surface area contributed by atoms with Crippen LogP contribution in [0.5, 0.6) is 0 Å². The lowest BCUT2D eigenvalue weighted by atomic mass is 10.0. The van der Waals surface area contributed by atoms with E-state index in [-0.39, 0.29) is 0 Å². The van der Waals surface area contributed by atoms with Gasteiger partial charge in [-0.05, 0) is 72.0 Å². The van der Waals surface area contributed by atoms with Gasteiger partial charge in [0.05, 0.1) is 11.2 Å². The summed E-state index contributed by atoms with van der Waals surface area (Å²) in [5.41, 5.74) is 4.23. The SMILES string of the molecule is Cc1ccc(-n2nc3c4cc(CCc5ccsc5)ccc4[nH]c(=O)n3c2=O)cc1. The lowest BCUT2D eigenvalue weighted by Gasteiger charge is -2.04. The first-order chi connectivity index (χ1) is 14.1. The Morgan fingerprint density at radius 3 is 2.55 bits per heavy atom. The topological polar surface area (TPSA) is 72.2 Å². The first-order valence-electron chi connectivity index (χ1n) is 9.35. The molecule has 5 aromatic rings. The van der Waals surface area contributed by atoms with Crippen LogP contribution in [0.15, 0.2) is 68.9 Å². The van der Waals surface area contributed by atoms with Crippen molar-refractivity contribution < 1.29 is 0 Å². The van der Waals surface area contributed by atoms with E-state index in [1.807, 2.05) is 49.4 Å². The molecule has 0 amide bonds. The zero-order valence-electron chi connectivity index (χ0n) is 15.8. The molecule has 0 spiro atoms. The van der Waals surface area contributed by atoms with Gasteiger partial charge >= 0.3 is 11.4 Å². The molecule has 3 aromatic heterocycles. The fourth-order valence-electron chi connectivity index (χ4n) is 3.51. The van der Waals surface area contributed by atoms with Crippen LogP contribution in [-0.4, -0.2) is 19.2 Å². The number of nitrogens with one attached hydrogen (secondary N) is 1. The molecule has 0 aliphatic heterocycles. The number of aryl methyl sites for hydroxylation is 3. The van der Waals surface area contributed by atoms with Gasteiger partial charge in [0.2, 0.25) is 0 Å². The van der Waals surface area contributed by atoms with E-state index in [2.05, 4.69) is 26.9 Å². The maximum atomic E-state index is 12.9. The molecular weight excluding hydrogens is 384 g/mol. The summed E-state index contributed by atoms with van der Waals surface area (Å²) in [5, 5.41) is 9.49. The quantitative estimate of drug-likeness (QED) is 0.500. The van der Waals surface area contributed by atoms with Gasteiger partial charge in [-0.2, -0.15) is 20.4 Å². The number of fused-ring (bicyclic) bond motifs is 3. The van der Waals surface area contributed by atoms with Crippen LogP contribution in [-0.2, 0) is 12.8 Å². The highest BCUT2D eigenvalue weighted by Gasteiger charge is 2.15. The molecule has 3 heterocycles. The minimum atomic E-state index is -0.484. The first kappa shape index (κ1) is 17.6. The number of rotatable bonds is 4. The third kappa shape index (κ3) is 3.09. The molecule has 6 nitrogen and oxygen atoms in total. The van der Waals surface area contributed by atoms with Crippen molar-refractivity contribution in [1.82, 2.24) is 19.2 Å². The summed E-state index contributed by atoms with van der Waals surface area (Å²) in [7, 11) is 0. The van der Waals surface area contributed by atoms with Crippen molar-refractivity contribution in [3.63, 3.8) is 0 Å². The highest BCUT2D eigenvalue weighted by atomic mass is 32.1. The van der Waals surface area contributed by atoms with Crippen LogP contribution in [0.2, 0.25) is 0 Å². The molecular formula is C22H18N4O2S. The van der Waals surface area contributed by atoms with Crippen molar-refractivity contribution in [3.8, 4) is 5.69 Å². The van der Waals surface area contributed by atoms with Gasteiger partial charge in [0.15, 0.2) is 5.65 Å². The third-order valence-electron chi connectivity index (χ3n) is 5.11. The largest absolute Gasteiger partial charge is 0.359 e. The molecule has 0 aliphatic rings. The smallest absolute Gasteiger partial charge is 0.306 e. The Kier molecular flexibility index (Phi) is 4.17. The van der Waals surface area contributed by atoms with Gasteiger partial charge < -0.3 is 4.98 Å². The molecule has 0 saturated carbocycles. The summed E-state index contributed by atoms with van der Waals surface area (Å²) in [4.78, 5) is 28.2. The summed E-state index contributed by atoms with van der Waals surface area (Å²) in [6, 6.07) is 15.5. The van der Waals surface area contributed by atoms with Crippen LogP contribution in [0, 0.1) is 6.92 Å². The van der Waals surface area contributed by atoms with Gasteiger partial charge in [-0.3, -0.25) is 0 Å². The van der Waals surface area contributed by atoms with Gasteiger partial charge in [0.1, 0.15) is 0 Å². The van der Waals surface area contributed by atoms with Crippen LogP contribution in [0.1, 0.15) is 16.7 Å². The van der Waals surface area contributed by atoms with E-state index >= 15 is 0 Å². The van der Waals surface area contributed by atoms with Crippen molar-refractivity contribution in [3.05, 3.63) is 96.9 Å². The number of aromatic amines is 1. The van der Waals surface area contributed by atoms with Crippen molar-refractivity contribution in [2.75, 3.05) is 0 Å². The number of nitrogens with zero attached hydrogens (tertiary/aromatic N) is 3. The molecule has 5 rings (SSSR count). The highest BCUT2D eigenvalue weighted by Crippen LogP contribution is 2.19. The van der Waals surface area contributed by atoms with Crippen LogP contribution in [0.3, 0.4) is 0 Å². The third-order valence-corrected chi connectivity index (χ3v) is 5.84. The summed E-state index contributed by atoms with van der Waals surface area (Å²) in [6.07, 6.45) is 1.82. The first-order valence-corrected chi connectivity index (χ1v) is 10.3. The number of benzene rings is 2. The normalized spacial score (nSPS) is 11.5. The summed E-state index contributed by atoms with van der Waals surface area (Å²) < 4.78 is 2.38. The van der Waals surface area contributed by atoms with E-state index in [9.17, 15) is 9.59 Å². The van der Waals surface area contributed by atoms with E-state index in [0.29, 0.717) is 16.9 Å². The molecule has 0 radical (unpaired) electrons. The Hall–Kier alpha value is -3.45. The predicted molar refractivity (Wildman–Crippen MR) is 115 cm³/mol. The predicted octanol–water partition coefficient (Wildman–Crippen LogP) is 3.48. The van der Waals surface area contributed by atoms with Gasteiger partial charge in [0.25, 0.3) is 0 Å². The minimum Gasteiger partial charge on any atom is -0.306 e. The second-order valence-electron chi connectivity index (χ2n) is 7.13. The average molecular weight is 402 g/mol. The zero-order valence-corrected chi connectivity index (χ0v) is 16.6. The van der Waals surface area contributed by atoms with Gasteiger partial charge in [-0.25, -0.2) is 9.59 Å². The number of H-pyrrole nitrogens is 1. The van der Waals surface area contributed by atoms with Crippen LogP contribution < -0.4 is 11.4 Å². The van der Waals surface area contributed by atoms with E-state index in [1.54, 1.807) is 11.3 Å². The lowest BCUT2D eigenvalue weighted by Crippen LogP contribution is -2.29. The fourth-order valence-corrected chi connectivity index (χ4v) is 4.22. The molecule has 7 heteroatoms. The lowest BCUT2D eigenvalue weighted by molar-refractivity contribution is 0.827. The molecule has 0 atom stereocenters. The number of thiophene rings is 1. The van der Waals surface area contributed by atoms with Crippen LogP contribution in [0.25, 0.3) is 22.2 Å². The number of hydrogen-bond acceptors (Lipinski definition) is 4. The molecule has 0 unspecified atom stereocenters. The van der Waals surface area contributed by atoms with Crippen LogP contribution >= 0.6 is 11.3 Å². The molecule has 0 aliphatic carbocycles. The Balaban J connectivity index is 1.66. The summed E-state index contributed by atoms with van der Waals surface area (Å²) in [6.45, 7) is 1.98. The average Bonchev–Trinajstić information content (AvgIpc) is 3.36. The number of aromatic nitrogens is 4. The maximum absolute atomic E-state index is 12.9. The van der Waals surface area contributed by atoms with Crippen molar-refractivity contribution >= 4 is 27.9 Å². The molecule has 0 bridgehead atoms.